The number of amides is 1. The van der Waals surface area contributed by atoms with Crippen LogP contribution in [0.25, 0.3) is 11.3 Å². The van der Waals surface area contributed by atoms with Crippen molar-refractivity contribution in [1.29, 1.82) is 0 Å². The Labute approximate surface area is 150 Å². The van der Waals surface area contributed by atoms with E-state index in [1.165, 1.54) is 0 Å². The van der Waals surface area contributed by atoms with Gasteiger partial charge < -0.3 is 14.9 Å². The minimum absolute atomic E-state index is 0.0866. The van der Waals surface area contributed by atoms with Crippen molar-refractivity contribution in [2.75, 3.05) is 0 Å². The summed E-state index contributed by atoms with van der Waals surface area (Å²) in [6, 6.07) is 11.5. The van der Waals surface area contributed by atoms with Crippen LogP contribution in [0.1, 0.15) is 48.0 Å². The third kappa shape index (κ3) is 3.25. The summed E-state index contributed by atoms with van der Waals surface area (Å²) in [5, 5.41) is 20.7. The first-order valence-electron chi connectivity index (χ1n) is 8.65. The summed E-state index contributed by atoms with van der Waals surface area (Å²) in [6.07, 6.45) is 4.62. The van der Waals surface area contributed by atoms with Crippen molar-refractivity contribution in [2.24, 2.45) is 0 Å². The number of aliphatic hydroxyl groups excluding tert-OH is 1. The molecular formula is C19H20N4O3. The summed E-state index contributed by atoms with van der Waals surface area (Å²) in [4.78, 5) is 12.3. The van der Waals surface area contributed by atoms with Crippen molar-refractivity contribution in [2.45, 2.75) is 38.0 Å². The summed E-state index contributed by atoms with van der Waals surface area (Å²) in [5.41, 5.74) is 1.96. The van der Waals surface area contributed by atoms with Gasteiger partial charge in [-0.1, -0.05) is 35.5 Å². The van der Waals surface area contributed by atoms with Crippen molar-refractivity contribution < 1.29 is 14.4 Å². The lowest BCUT2D eigenvalue weighted by molar-refractivity contribution is 0.0879. The van der Waals surface area contributed by atoms with E-state index in [-0.39, 0.29) is 23.7 Å². The van der Waals surface area contributed by atoms with Crippen LogP contribution < -0.4 is 5.32 Å². The Morgan fingerprint density at radius 1 is 1.35 bits per heavy atom. The van der Waals surface area contributed by atoms with E-state index >= 15 is 0 Å². The largest absolute Gasteiger partial charge is 0.389 e. The molecule has 1 atom stereocenters. The maximum absolute atomic E-state index is 12.3. The molecule has 0 bridgehead atoms. The molecule has 7 nitrogen and oxygen atoms in total. The lowest BCUT2D eigenvalue weighted by Gasteiger charge is -2.35. The van der Waals surface area contributed by atoms with Crippen LogP contribution in [0.3, 0.4) is 0 Å². The molecule has 0 unspecified atom stereocenters. The molecule has 2 aromatic heterocycles. The molecule has 0 saturated heterocycles. The highest BCUT2D eigenvalue weighted by atomic mass is 16.5. The van der Waals surface area contributed by atoms with Gasteiger partial charge in [0.25, 0.3) is 5.91 Å². The van der Waals surface area contributed by atoms with Gasteiger partial charge in [-0.15, -0.1) is 0 Å². The molecule has 1 aliphatic rings. The van der Waals surface area contributed by atoms with Crippen LogP contribution in [0.2, 0.25) is 0 Å². The lowest BCUT2D eigenvalue weighted by Crippen LogP contribution is -2.45. The number of hydrogen-bond donors (Lipinski definition) is 2. The van der Waals surface area contributed by atoms with Crippen molar-refractivity contribution in [1.82, 2.24) is 20.3 Å². The average molecular weight is 352 g/mol. The van der Waals surface area contributed by atoms with E-state index in [4.69, 9.17) is 4.52 Å². The first-order valence-corrected chi connectivity index (χ1v) is 8.65. The number of aromatic nitrogens is 3. The summed E-state index contributed by atoms with van der Waals surface area (Å²) >= 11 is 0. The molecule has 1 fully saturated rings. The van der Waals surface area contributed by atoms with Crippen LogP contribution in [0.4, 0.5) is 0 Å². The molecular weight excluding hydrogens is 332 g/mol. The molecule has 4 rings (SSSR count). The summed E-state index contributed by atoms with van der Waals surface area (Å²) in [6.45, 7) is 1.72. The van der Waals surface area contributed by atoms with Crippen molar-refractivity contribution in [3.05, 3.63) is 60.0 Å². The third-order valence-electron chi connectivity index (χ3n) is 4.73. The number of carbonyl (C=O) groups is 1. The molecule has 0 radical (unpaired) electrons. The van der Waals surface area contributed by atoms with Crippen LogP contribution in [-0.4, -0.2) is 32.0 Å². The van der Waals surface area contributed by atoms with Gasteiger partial charge in [-0.3, -0.25) is 9.48 Å². The fourth-order valence-electron chi connectivity index (χ4n) is 3.07. The second-order valence-corrected chi connectivity index (χ2v) is 6.67. The van der Waals surface area contributed by atoms with Gasteiger partial charge in [0.05, 0.1) is 18.3 Å². The van der Waals surface area contributed by atoms with Crippen LogP contribution in [0, 0.1) is 0 Å². The zero-order valence-corrected chi connectivity index (χ0v) is 14.4. The van der Waals surface area contributed by atoms with Gasteiger partial charge in [-0.05, 0) is 19.8 Å². The number of benzene rings is 1. The summed E-state index contributed by atoms with van der Waals surface area (Å²) in [7, 11) is 0. The maximum Gasteiger partial charge on any atom is 0.273 e. The zero-order chi connectivity index (χ0) is 18.1. The molecule has 0 spiro atoms. The maximum atomic E-state index is 12.3. The average Bonchev–Trinajstić information content (AvgIpc) is 3.28. The highest BCUT2D eigenvalue weighted by molar-refractivity contribution is 5.93. The van der Waals surface area contributed by atoms with E-state index < -0.39 is 6.10 Å². The van der Waals surface area contributed by atoms with E-state index in [0.717, 1.165) is 24.0 Å². The van der Waals surface area contributed by atoms with E-state index in [0.29, 0.717) is 5.76 Å². The highest BCUT2D eigenvalue weighted by Gasteiger charge is 2.33. The molecule has 7 heteroatoms. The Morgan fingerprint density at radius 3 is 2.81 bits per heavy atom. The first-order chi connectivity index (χ1) is 12.6. The second-order valence-electron chi connectivity index (χ2n) is 6.67. The predicted molar refractivity (Wildman–Crippen MR) is 94.3 cm³/mol. The standard InChI is InChI=1S/C19H20N4O3/c1-12(24)14-10-20-23(11-14)16-7-15(8-16)21-19(25)17-9-18(26-22-17)13-5-3-2-4-6-13/h2-6,9-12,15-16,24H,7-8H2,1H3,(H,21,25)/t12-,15?,16?/m0/s1. The van der Waals surface area contributed by atoms with Gasteiger partial charge in [0.1, 0.15) is 0 Å². The molecule has 3 aromatic rings. The predicted octanol–water partition coefficient (Wildman–Crippen LogP) is 2.72. The molecule has 1 amide bonds. The molecule has 1 aliphatic carbocycles. The Balaban J connectivity index is 1.33. The Hall–Kier alpha value is -2.93. The van der Waals surface area contributed by atoms with Gasteiger partial charge in [0.15, 0.2) is 11.5 Å². The van der Waals surface area contributed by atoms with Crippen LogP contribution in [0.15, 0.2) is 53.3 Å². The fourth-order valence-corrected chi connectivity index (χ4v) is 3.07. The number of hydrogen-bond acceptors (Lipinski definition) is 5. The molecule has 0 aliphatic heterocycles. The second kappa shape index (κ2) is 6.76. The van der Waals surface area contributed by atoms with E-state index in [1.807, 2.05) is 41.2 Å². The number of carbonyl (C=O) groups excluding carboxylic acids is 1. The monoisotopic (exact) mass is 352 g/mol. The van der Waals surface area contributed by atoms with Gasteiger partial charge in [0, 0.05) is 29.4 Å². The molecule has 26 heavy (non-hydrogen) atoms. The first kappa shape index (κ1) is 16.5. The zero-order valence-electron chi connectivity index (χ0n) is 14.4. The lowest BCUT2D eigenvalue weighted by atomic mass is 9.86. The van der Waals surface area contributed by atoms with Crippen molar-refractivity contribution >= 4 is 5.91 Å². The van der Waals surface area contributed by atoms with Gasteiger partial charge in [0.2, 0.25) is 0 Å². The Morgan fingerprint density at radius 2 is 2.12 bits per heavy atom. The molecule has 1 aromatic carbocycles. The van der Waals surface area contributed by atoms with E-state index in [9.17, 15) is 9.90 Å². The molecule has 2 heterocycles. The van der Waals surface area contributed by atoms with Crippen molar-refractivity contribution in [3.63, 3.8) is 0 Å². The Bertz CT molecular complexity index is 894. The minimum Gasteiger partial charge on any atom is -0.389 e. The van der Waals surface area contributed by atoms with Gasteiger partial charge in [-0.2, -0.15) is 5.10 Å². The summed E-state index contributed by atoms with van der Waals surface area (Å²) < 4.78 is 7.13. The smallest absolute Gasteiger partial charge is 0.273 e. The quantitative estimate of drug-likeness (QED) is 0.736. The molecule has 134 valence electrons. The number of nitrogens with zero attached hydrogens (tertiary/aromatic N) is 3. The third-order valence-corrected chi connectivity index (χ3v) is 4.73. The highest BCUT2D eigenvalue weighted by Crippen LogP contribution is 2.32. The van der Waals surface area contributed by atoms with Crippen LogP contribution in [-0.2, 0) is 0 Å². The van der Waals surface area contributed by atoms with Crippen molar-refractivity contribution in [3.8, 4) is 11.3 Å². The topological polar surface area (TPSA) is 93.2 Å². The van der Waals surface area contributed by atoms with E-state index in [1.54, 1.807) is 19.2 Å². The van der Waals surface area contributed by atoms with Crippen LogP contribution >= 0.6 is 0 Å². The summed E-state index contributed by atoms with van der Waals surface area (Å²) in [5.74, 6) is 0.342. The number of nitrogens with one attached hydrogen (secondary N) is 1. The fraction of sp³-hybridized carbons (Fsp3) is 0.316. The number of aliphatic hydroxyl groups is 1. The normalized spacial score (nSPS) is 20.4. The van der Waals surface area contributed by atoms with Gasteiger partial charge >= 0.3 is 0 Å². The van der Waals surface area contributed by atoms with Crippen LogP contribution in [0.5, 0.6) is 0 Å². The molecule has 1 saturated carbocycles. The minimum atomic E-state index is -0.523. The van der Waals surface area contributed by atoms with E-state index in [2.05, 4.69) is 15.6 Å². The molecule has 2 N–H and O–H groups in total. The van der Waals surface area contributed by atoms with Gasteiger partial charge in [-0.25, -0.2) is 0 Å². The Kier molecular flexibility index (Phi) is 4.30. The SMILES string of the molecule is C[C@H](O)c1cnn(C2CC(NC(=O)c3cc(-c4ccccc4)on3)C2)c1. The number of rotatable bonds is 5.